The molecule has 2 aromatic rings. The smallest absolute Gasteiger partial charge is 0.338 e. The van der Waals surface area contributed by atoms with Crippen molar-refractivity contribution in [1.29, 1.82) is 0 Å². The number of carbonyl (C=O) groups is 1. The number of halogens is 1. The zero-order valence-electron chi connectivity index (χ0n) is 11.2. The quantitative estimate of drug-likeness (QED) is 0.757. The minimum atomic E-state index is -1.36. The van der Waals surface area contributed by atoms with E-state index in [0.717, 1.165) is 11.6 Å². The molecule has 0 aliphatic carbocycles. The molecule has 21 heavy (non-hydrogen) atoms. The van der Waals surface area contributed by atoms with Crippen LogP contribution in [0.15, 0.2) is 42.6 Å². The lowest BCUT2D eigenvalue weighted by molar-refractivity contribution is 0.0692. The van der Waals surface area contributed by atoms with Crippen LogP contribution in [0.4, 0.5) is 10.2 Å². The molecule has 0 bridgehead atoms. The Kier molecular flexibility index (Phi) is 4.84. The minimum Gasteiger partial charge on any atom is -0.478 e. The molecule has 0 saturated carbocycles. The maximum Gasteiger partial charge on any atom is 0.338 e. The Labute approximate surface area is 121 Å². The van der Waals surface area contributed by atoms with Crippen LogP contribution in [-0.4, -0.2) is 33.8 Å². The van der Waals surface area contributed by atoms with E-state index in [1.165, 1.54) is 6.20 Å². The van der Waals surface area contributed by atoms with E-state index in [-0.39, 0.29) is 12.4 Å². The zero-order valence-corrected chi connectivity index (χ0v) is 11.2. The average Bonchev–Trinajstić information content (AvgIpc) is 2.49. The predicted octanol–water partition coefficient (Wildman–Crippen LogP) is 1.93. The number of nitrogens with zero attached hydrogens (tertiary/aromatic N) is 1. The summed E-state index contributed by atoms with van der Waals surface area (Å²) in [6.07, 6.45) is 1.68. The van der Waals surface area contributed by atoms with Crippen molar-refractivity contribution in [3.63, 3.8) is 0 Å². The summed E-state index contributed by atoms with van der Waals surface area (Å²) in [4.78, 5) is 14.7. The molecule has 6 heteroatoms. The van der Waals surface area contributed by atoms with Crippen LogP contribution in [0.2, 0.25) is 0 Å². The van der Waals surface area contributed by atoms with Gasteiger partial charge in [-0.2, -0.15) is 0 Å². The van der Waals surface area contributed by atoms with Gasteiger partial charge >= 0.3 is 5.97 Å². The molecule has 0 saturated heterocycles. The number of rotatable bonds is 6. The van der Waals surface area contributed by atoms with Crippen molar-refractivity contribution in [1.82, 2.24) is 4.98 Å². The Morgan fingerprint density at radius 2 is 2.00 bits per heavy atom. The average molecular weight is 290 g/mol. The summed E-state index contributed by atoms with van der Waals surface area (Å²) in [5.41, 5.74) is 0.516. The maximum absolute atomic E-state index is 14.0. The number of aliphatic hydroxyl groups excluding tert-OH is 1. The van der Waals surface area contributed by atoms with Crippen molar-refractivity contribution in [2.24, 2.45) is 0 Å². The lowest BCUT2D eigenvalue weighted by Crippen LogP contribution is -2.27. The highest BCUT2D eigenvalue weighted by Crippen LogP contribution is 2.17. The summed E-state index contributed by atoms with van der Waals surface area (Å²) in [5.74, 6) is -2.47. The number of pyridine rings is 1. The maximum atomic E-state index is 14.0. The van der Waals surface area contributed by atoms with E-state index in [2.05, 4.69) is 10.3 Å². The lowest BCUT2D eigenvalue weighted by atomic mass is 10.1. The minimum absolute atomic E-state index is 0.176. The fraction of sp³-hybridized carbons (Fsp3) is 0.200. The topological polar surface area (TPSA) is 82.5 Å². The molecule has 110 valence electrons. The van der Waals surface area contributed by atoms with Gasteiger partial charge in [0.25, 0.3) is 0 Å². The molecule has 5 nitrogen and oxygen atoms in total. The molecule has 0 fully saturated rings. The number of aromatic carboxylic acids is 1. The highest BCUT2D eigenvalue weighted by atomic mass is 19.1. The fourth-order valence-electron chi connectivity index (χ4n) is 1.96. The number of hydrogen-bond acceptors (Lipinski definition) is 4. The standard InChI is InChI=1S/C15H15FN2O3/c16-13-12(15(20)21)6-7-17-14(13)18-11(9-19)8-10-4-2-1-3-5-10/h1-7,11,19H,8-9H2,(H,17,18)(H,20,21). The Morgan fingerprint density at radius 3 is 2.62 bits per heavy atom. The van der Waals surface area contributed by atoms with Gasteiger partial charge in [0.15, 0.2) is 11.6 Å². The van der Waals surface area contributed by atoms with Crippen LogP contribution < -0.4 is 5.32 Å². The van der Waals surface area contributed by atoms with Gasteiger partial charge in [0.1, 0.15) is 5.56 Å². The summed E-state index contributed by atoms with van der Waals surface area (Å²) in [5, 5.41) is 21.0. The van der Waals surface area contributed by atoms with E-state index in [1.807, 2.05) is 30.3 Å². The molecule has 1 atom stereocenters. The highest BCUT2D eigenvalue weighted by molar-refractivity contribution is 5.88. The number of carboxylic acids is 1. The molecule has 0 spiro atoms. The van der Waals surface area contributed by atoms with Crippen LogP contribution in [-0.2, 0) is 6.42 Å². The number of anilines is 1. The molecular weight excluding hydrogens is 275 g/mol. The van der Waals surface area contributed by atoms with Crippen LogP contribution in [0.1, 0.15) is 15.9 Å². The molecular formula is C15H15FN2O3. The third kappa shape index (κ3) is 3.76. The summed E-state index contributed by atoms with van der Waals surface area (Å²) in [6, 6.07) is 10.0. The second kappa shape index (κ2) is 6.81. The molecule has 2 rings (SSSR count). The number of carboxylic acid groups (broad SMARTS) is 1. The zero-order chi connectivity index (χ0) is 15.2. The van der Waals surface area contributed by atoms with Crippen molar-refractivity contribution in [3.05, 3.63) is 59.5 Å². The molecule has 0 aliphatic heterocycles. The number of nitrogens with one attached hydrogen (secondary N) is 1. The molecule has 0 radical (unpaired) electrons. The SMILES string of the molecule is O=C(O)c1ccnc(NC(CO)Cc2ccccc2)c1F. The number of benzene rings is 1. The van der Waals surface area contributed by atoms with E-state index in [9.17, 15) is 14.3 Å². The molecule has 1 unspecified atom stereocenters. The Bertz CT molecular complexity index is 620. The first-order valence-corrected chi connectivity index (χ1v) is 6.41. The van der Waals surface area contributed by atoms with Crippen LogP contribution in [0.5, 0.6) is 0 Å². The number of hydrogen-bond donors (Lipinski definition) is 3. The fourth-order valence-corrected chi connectivity index (χ4v) is 1.96. The third-order valence-corrected chi connectivity index (χ3v) is 3.01. The molecule has 1 aromatic heterocycles. The van der Waals surface area contributed by atoms with Crippen molar-refractivity contribution in [3.8, 4) is 0 Å². The van der Waals surface area contributed by atoms with E-state index < -0.39 is 23.4 Å². The van der Waals surface area contributed by atoms with Gasteiger partial charge in [-0.25, -0.2) is 14.2 Å². The molecule has 0 aliphatic rings. The molecule has 0 amide bonds. The molecule has 3 N–H and O–H groups in total. The second-order valence-electron chi connectivity index (χ2n) is 4.54. The van der Waals surface area contributed by atoms with Gasteiger partial charge in [0.2, 0.25) is 0 Å². The van der Waals surface area contributed by atoms with E-state index in [0.29, 0.717) is 6.42 Å². The number of aromatic nitrogens is 1. The predicted molar refractivity (Wildman–Crippen MR) is 75.8 cm³/mol. The van der Waals surface area contributed by atoms with Crippen molar-refractivity contribution < 1.29 is 19.4 Å². The van der Waals surface area contributed by atoms with Crippen molar-refractivity contribution in [2.75, 3.05) is 11.9 Å². The van der Waals surface area contributed by atoms with Crippen molar-refractivity contribution >= 4 is 11.8 Å². The van der Waals surface area contributed by atoms with Gasteiger partial charge in [0, 0.05) is 6.20 Å². The third-order valence-electron chi connectivity index (χ3n) is 3.01. The van der Waals surface area contributed by atoms with E-state index in [1.54, 1.807) is 0 Å². The van der Waals surface area contributed by atoms with Crippen molar-refractivity contribution in [2.45, 2.75) is 12.5 Å². The Hall–Kier alpha value is -2.47. The first kappa shape index (κ1) is 14.9. The summed E-state index contributed by atoms with van der Waals surface area (Å²) < 4.78 is 14.0. The van der Waals surface area contributed by atoms with Gasteiger partial charge in [-0.1, -0.05) is 30.3 Å². The van der Waals surface area contributed by atoms with Gasteiger partial charge in [-0.3, -0.25) is 0 Å². The second-order valence-corrected chi connectivity index (χ2v) is 4.54. The summed E-state index contributed by atoms with van der Waals surface area (Å²) in [7, 11) is 0. The van der Waals surface area contributed by atoms with Gasteiger partial charge in [-0.05, 0) is 18.1 Å². The first-order chi connectivity index (χ1) is 10.1. The van der Waals surface area contributed by atoms with Crippen LogP contribution in [0.25, 0.3) is 0 Å². The highest BCUT2D eigenvalue weighted by Gasteiger charge is 2.17. The van der Waals surface area contributed by atoms with Crippen LogP contribution >= 0.6 is 0 Å². The van der Waals surface area contributed by atoms with Crippen LogP contribution in [0.3, 0.4) is 0 Å². The van der Waals surface area contributed by atoms with Crippen LogP contribution in [0, 0.1) is 5.82 Å². The lowest BCUT2D eigenvalue weighted by Gasteiger charge is -2.17. The first-order valence-electron chi connectivity index (χ1n) is 6.41. The van der Waals surface area contributed by atoms with E-state index >= 15 is 0 Å². The molecule has 1 heterocycles. The number of aliphatic hydroxyl groups is 1. The largest absolute Gasteiger partial charge is 0.478 e. The van der Waals surface area contributed by atoms with Gasteiger partial charge < -0.3 is 15.5 Å². The summed E-state index contributed by atoms with van der Waals surface area (Å²) in [6.45, 7) is -0.229. The Balaban J connectivity index is 2.15. The summed E-state index contributed by atoms with van der Waals surface area (Å²) >= 11 is 0. The normalized spacial score (nSPS) is 11.9. The van der Waals surface area contributed by atoms with Gasteiger partial charge in [-0.15, -0.1) is 0 Å². The molecule has 1 aromatic carbocycles. The van der Waals surface area contributed by atoms with E-state index in [4.69, 9.17) is 5.11 Å². The Morgan fingerprint density at radius 1 is 1.29 bits per heavy atom. The monoisotopic (exact) mass is 290 g/mol. The van der Waals surface area contributed by atoms with Gasteiger partial charge in [0.05, 0.1) is 12.6 Å².